The van der Waals surface area contributed by atoms with Crippen molar-refractivity contribution in [3.63, 3.8) is 0 Å². The van der Waals surface area contributed by atoms with E-state index in [4.69, 9.17) is 11.0 Å². The molecule has 6 heteroatoms. The predicted molar refractivity (Wildman–Crippen MR) is 45.7 cm³/mol. The van der Waals surface area contributed by atoms with Crippen LogP contribution in [0.25, 0.3) is 0 Å². The summed E-state index contributed by atoms with van der Waals surface area (Å²) in [4.78, 5) is 0. The fourth-order valence-electron chi connectivity index (χ4n) is 1.05. The molecule has 3 nitrogen and oxygen atoms in total. The molecule has 2 N–H and O–H groups in total. The average Bonchev–Trinajstić information content (AvgIpc) is 2.15. The molecule has 0 bridgehead atoms. The van der Waals surface area contributed by atoms with Crippen molar-refractivity contribution in [1.82, 2.24) is 0 Å². The molecule has 0 unspecified atom stereocenters. The first kappa shape index (κ1) is 11.3. The number of alkyl halides is 3. The van der Waals surface area contributed by atoms with Crippen LogP contribution in [0.3, 0.4) is 0 Å². The number of rotatable bonds is 2. The Morgan fingerprint density at radius 3 is 2.53 bits per heavy atom. The fourth-order valence-corrected chi connectivity index (χ4v) is 1.05. The van der Waals surface area contributed by atoms with Gasteiger partial charge in [-0.15, -0.1) is 13.2 Å². The van der Waals surface area contributed by atoms with Gasteiger partial charge in [-0.3, -0.25) is 0 Å². The van der Waals surface area contributed by atoms with E-state index in [-0.39, 0.29) is 17.9 Å². The quantitative estimate of drug-likeness (QED) is 0.821. The maximum Gasteiger partial charge on any atom is 0.573 e. The Balaban J connectivity index is 3.00. The number of nitriles is 1. The van der Waals surface area contributed by atoms with Crippen LogP contribution in [0.5, 0.6) is 5.75 Å². The molecule has 0 aliphatic heterocycles. The van der Waals surface area contributed by atoms with E-state index in [2.05, 4.69) is 4.74 Å². The van der Waals surface area contributed by atoms with Gasteiger partial charge in [0.2, 0.25) is 0 Å². The van der Waals surface area contributed by atoms with E-state index in [9.17, 15) is 13.2 Å². The number of ether oxygens (including phenoxy) is 1. The van der Waals surface area contributed by atoms with E-state index in [0.29, 0.717) is 5.56 Å². The third kappa shape index (κ3) is 3.14. The Morgan fingerprint density at radius 1 is 1.40 bits per heavy atom. The van der Waals surface area contributed by atoms with Crippen LogP contribution in [0.1, 0.15) is 11.1 Å². The van der Waals surface area contributed by atoms with Crippen LogP contribution in [0, 0.1) is 11.3 Å². The lowest BCUT2D eigenvalue weighted by atomic mass is 10.1. The molecule has 15 heavy (non-hydrogen) atoms. The minimum atomic E-state index is -4.74. The average molecular weight is 216 g/mol. The molecule has 1 rings (SSSR count). The van der Waals surface area contributed by atoms with Crippen LogP contribution in [0.15, 0.2) is 18.2 Å². The largest absolute Gasteiger partial charge is 0.573 e. The van der Waals surface area contributed by atoms with Crippen LogP contribution in [0.4, 0.5) is 13.2 Å². The standard InChI is InChI=1S/C9H7F3N2O/c10-9(11,12)15-8-2-1-6(4-13)7(3-8)5-14/h1-3H,5,14H2. The molecule has 1 aromatic rings. The normalized spacial score (nSPS) is 10.9. The fraction of sp³-hybridized carbons (Fsp3) is 0.222. The van der Waals surface area contributed by atoms with Crippen LogP contribution in [-0.2, 0) is 6.54 Å². The first-order valence-corrected chi connectivity index (χ1v) is 3.95. The van der Waals surface area contributed by atoms with Gasteiger partial charge in [0.25, 0.3) is 0 Å². The third-order valence-corrected chi connectivity index (χ3v) is 1.65. The highest BCUT2D eigenvalue weighted by atomic mass is 19.4. The van der Waals surface area contributed by atoms with Crippen molar-refractivity contribution in [2.45, 2.75) is 12.9 Å². The first-order valence-electron chi connectivity index (χ1n) is 3.95. The lowest BCUT2D eigenvalue weighted by Gasteiger charge is -2.10. The molecule has 0 radical (unpaired) electrons. The van der Waals surface area contributed by atoms with Gasteiger partial charge in [0.05, 0.1) is 11.6 Å². The minimum Gasteiger partial charge on any atom is -0.406 e. The molecule has 1 aromatic carbocycles. The van der Waals surface area contributed by atoms with Crippen LogP contribution >= 0.6 is 0 Å². The van der Waals surface area contributed by atoms with E-state index in [0.717, 1.165) is 12.1 Å². The summed E-state index contributed by atoms with van der Waals surface area (Å²) in [6, 6.07) is 5.24. The Morgan fingerprint density at radius 2 is 2.07 bits per heavy atom. The highest BCUT2D eigenvalue weighted by Gasteiger charge is 2.31. The maximum absolute atomic E-state index is 11.8. The van der Waals surface area contributed by atoms with Gasteiger partial charge in [0.15, 0.2) is 0 Å². The second kappa shape index (κ2) is 4.19. The van der Waals surface area contributed by atoms with Crippen molar-refractivity contribution < 1.29 is 17.9 Å². The molecule has 0 aromatic heterocycles. The monoisotopic (exact) mass is 216 g/mol. The van der Waals surface area contributed by atoms with Crippen molar-refractivity contribution in [1.29, 1.82) is 5.26 Å². The minimum absolute atomic E-state index is 0.0159. The van der Waals surface area contributed by atoms with Gasteiger partial charge in [-0.1, -0.05) is 0 Å². The number of hydrogen-bond donors (Lipinski definition) is 1. The molecule has 0 aliphatic carbocycles. The van der Waals surface area contributed by atoms with E-state index in [1.54, 1.807) is 0 Å². The van der Waals surface area contributed by atoms with E-state index in [1.807, 2.05) is 6.07 Å². The molecule has 0 heterocycles. The Bertz CT molecular complexity index is 395. The zero-order chi connectivity index (χ0) is 11.5. The van der Waals surface area contributed by atoms with Gasteiger partial charge in [0, 0.05) is 6.54 Å². The highest BCUT2D eigenvalue weighted by molar-refractivity contribution is 5.42. The maximum atomic E-state index is 11.8. The Hall–Kier alpha value is -1.74. The van der Waals surface area contributed by atoms with Gasteiger partial charge >= 0.3 is 6.36 Å². The number of nitrogens with zero attached hydrogens (tertiary/aromatic N) is 1. The molecular formula is C9H7F3N2O. The van der Waals surface area contributed by atoms with Gasteiger partial charge in [0.1, 0.15) is 5.75 Å². The molecule has 0 saturated heterocycles. The summed E-state index contributed by atoms with van der Waals surface area (Å²) in [7, 11) is 0. The van der Waals surface area contributed by atoms with Gasteiger partial charge in [-0.05, 0) is 23.8 Å². The van der Waals surface area contributed by atoms with Crippen molar-refractivity contribution in [3.05, 3.63) is 29.3 Å². The molecule has 0 spiro atoms. The topological polar surface area (TPSA) is 59.0 Å². The summed E-state index contributed by atoms with van der Waals surface area (Å²) in [5.74, 6) is -0.373. The number of benzene rings is 1. The summed E-state index contributed by atoms with van der Waals surface area (Å²) in [6.45, 7) is -0.0159. The van der Waals surface area contributed by atoms with Gasteiger partial charge < -0.3 is 10.5 Å². The van der Waals surface area contributed by atoms with E-state index in [1.165, 1.54) is 6.07 Å². The SMILES string of the molecule is N#Cc1ccc(OC(F)(F)F)cc1CN. The molecule has 0 fully saturated rings. The Labute approximate surface area is 83.9 Å². The summed E-state index contributed by atoms with van der Waals surface area (Å²) >= 11 is 0. The number of hydrogen-bond acceptors (Lipinski definition) is 3. The van der Waals surface area contributed by atoms with Crippen molar-refractivity contribution >= 4 is 0 Å². The molecule has 0 amide bonds. The van der Waals surface area contributed by atoms with Gasteiger partial charge in [-0.2, -0.15) is 5.26 Å². The molecule has 0 aliphatic rings. The molecule has 80 valence electrons. The summed E-state index contributed by atoms with van der Waals surface area (Å²) in [5.41, 5.74) is 5.83. The van der Waals surface area contributed by atoms with E-state index < -0.39 is 6.36 Å². The highest BCUT2D eigenvalue weighted by Crippen LogP contribution is 2.24. The van der Waals surface area contributed by atoms with Crippen LogP contribution < -0.4 is 10.5 Å². The number of halogens is 3. The lowest BCUT2D eigenvalue weighted by molar-refractivity contribution is -0.274. The second-order valence-electron chi connectivity index (χ2n) is 2.68. The first-order chi connectivity index (χ1) is 6.96. The third-order valence-electron chi connectivity index (χ3n) is 1.65. The molecule has 0 saturated carbocycles. The van der Waals surface area contributed by atoms with Crippen molar-refractivity contribution in [2.75, 3.05) is 0 Å². The number of nitrogens with two attached hydrogens (primary N) is 1. The zero-order valence-corrected chi connectivity index (χ0v) is 7.51. The summed E-state index contributed by atoms with van der Waals surface area (Å²) < 4.78 is 39.2. The van der Waals surface area contributed by atoms with Gasteiger partial charge in [-0.25, -0.2) is 0 Å². The summed E-state index contributed by atoms with van der Waals surface area (Å²) in [6.07, 6.45) is -4.74. The lowest BCUT2D eigenvalue weighted by Crippen LogP contribution is -2.17. The van der Waals surface area contributed by atoms with Crippen molar-refractivity contribution in [3.8, 4) is 11.8 Å². The molecule has 0 atom stereocenters. The summed E-state index contributed by atoms with van der Waals surface area (Å²) in [5, 5.41) is 8.60. The zero-order valence-electron chi connectivity index (χ0n) is 7.51. The second-order valence-corrected chi connectivity index (χ2v) is 2.68. The molecular weight excluding hydrogens is 209 g/mol. The smallest absolute Gasteiger partial charge is 0.406 e. The predicted octanol–water partition coefficient (Wildman–Crippen LogP) is 1.92. The Kier molecular flexibility index (Phi) is 3.17. The van der Waals surface area contributed by atoms with Crippen LogP contribution in [-0.4, -0.2) is 6.36 Å². The van der Waals surface area contributed by atoms with Crippen LogP contribution in [0.2, 0.25) is 0 Å². The van der Waals surface area contributed by atoms with Crippen molar-refractivity contribution in [2.24, 2.45) is 5.73 Å². The van der Waals surface area contributed by atoms with E-state index >= 15 is 0 Å².